The highest BCUT2D eigenvalue weighted by Gasteiger charge is 2.14. The molecule has 0 aromatic heterocycles. The molecule has 4 heteroatoms. The van der Waals surface area contributed by atoms with Crippen LogP contribution in [-0.2, 0) is 11.2 Å². The maximum atomic E-state index is 11.6. The van der Waals surface area contributed by atoms with E-state index in [2.05, 4.69) is 23.6 Å². The molecule has 0 saturated carbocycles. The molecule has 1 aromatic carbocycles. The van der Waals surface area contributed by atoms with Crippen LogP contribution >= 0.6 is 0 Å². The third-order valence-electron chi connectivity index (χ3n) is 2.88. The van der Waals surface area contributed by atoms with Crippen molar-refractivity contribution >= 4 is 5.91 Å². The molecular formula is C14H22N2O2. The van der Waals surface area contributed by atoms with Gasteiger partial charge in [0.2, 0.25) is 5.91 Å². The lowest BCUT2D eigenvalue weighted by atomic mass is 10.0. The van der Waals surface area contributed by atoms with Crippen LogP contribution < -0.4 is 15.4 Å². The summed E-state index contributed by atoms with van der Waals surface area (Å²) in [7, 11) is 3.40. The average Bonchev–Trinajstić information content (AvgIpc) is 2.38. The van der Waals surface area contributed by atoms with Crippen LogP contribution in [0.25, 0.3) is 0 Å². The van der Waals surface area contributed by atoms with Gasteiger partial charge in [-0.3, -0.25) is 4.79 Å². The van der Waals surface area contributed by atoms with E-state index in [1.807, 2.05) is 19.1 Å². The molecule has 0 heterocycles. The fraction of sp³-hybridized carbons (Fsp3) is 0.500. The average molecular weight is 250 g/mol. The molecule has 0 saturated heterocycles. The van der Waals surface area contributed by atoms with E-state index in [1.54, 1.807) is 14.2 Å². The predicted octanol–water partition coefficient (Wildman–Crippen LogP) is 1.65. The van der Waals surface area contributed by atoms with Crippen molar-refractivity contribution in [1.29, 1.82) is 0 Å². The Kier molecular flexibility index (Phi) is 5.65. The zero-order valence-electron chi connectivity index (χ0n) is 11.5. The maximum absolute atomic E-state index is 11.6. The number of ether oxygens (including phenoxy) is 1. The normalized spacial score (nSPS) is 12.0. The summed E-state index contributed by atoms with van der Waals surface area (Å²) in [6, 6.07) is 6.02. The van der Waals surface area contributed by atoms with E-state index in [0.717, 1.165) is 17.7 Å². The van der Waals surface area contributed by atoms with Crippen LogP contribution in [0, 0.1) is 0 Å². The van der Waals surface area contributed by atoms with Crippen LogP contribution in [0.3, 0.4) is 0 Å². The largest absolute Gasteiger partial charge is 0.496 e. The maximum Gasteiger partial charge on any atom is 0.234 e. The van der Waals surface area contributed by atoms with E-state index in [4.69, 9.17) is 4.74 Å². The summed E-state index contributed by atoms with van der Waals surface area (Å²) < 4.78 is 5.34. The topological polar surface area (TPSA) is 50.4 Å². The zero-order chi connectivity index (χ0) is 13.5. The highest BCUT2D eigenvalue weighted by molar-refractivity contribution is 5.78. The lowest BCUT2D eigenvalue weighted by molar-refractivity contribution is -0.120. The molecule has 1 rings (SSSR count). The number of carbonyl (C=O) groups excluding carboxylic acids is 1. The van der Waals surface area contributed by atoms with Crippen LogP contribution in [0.1, 0.15) is 31.0 Å². The number of amides is 1. The van der Waals surface area contributed by atoms with Gasteiger partial charge in [-0.2, -0.15) is 0 Å². The van der Waals surface area contributed by atoms with Gasteiger partial charge in [0, 0.05) is 5.56 Å². The number of hydrogen-bond acceptors (Lipinski definition) is 3. The van der Waals surface area contributed by atoms with Crippen molar-refractivity contribution in [3.8, 4) is 5.75 Å². The quantitative estimate of drug-likeness (QED) is 0.807. The molecule has 1 aromatic rings. The Morgan fingerprint density at radius 1 is 1.44 bits per heavy atom. The first-order valence-electron chi connectivity index (χ1n) is 6.23. The highest BCUT2D eigenvalue weighted by Crippen LogP contribution is 2.26. The molecule has 4 nitrogen and oxygen atoms in total. The SMILES string of the molecule is CCc1ccc(OC)c(C(C)NC(=O)CNC)c1. The number of aryl methyl sites for hydroxylation is 1. The Bertz CT molecular complexity index is 405. The summed E-state index contributed by atoms with van der Waals surface area (Å²) in [5.41, 5.74) is 2.25. The van der Waals surface area contributed by atoms with Crippen molar-refractivity contribution in [3.05, 3.63) is 29.3 Å². The summed E-state index contributed by atoms with van der Waals surface area (Å²) in [5.74, 6) is 0.790. The molecule has 0 bridgehead atoms. The summed E-state index contributed by atoms with van der Waals surface area (Å²) >= 11 is 0. The second-order valence-electron chi connectivity index (χ2n) is 4.25. The van der Waals surface area contributed by atoms with Gasteiger partial charge in [-0.1, -0.05) is 19.1 Å². The highest BCUT2D eigenvalue weighted by atomic mass is 16.5. The van der Waals surface area contributed by atoms with Crippen molar-refractivity contribution in [2.75, 3.05) is 20.7 Å². The van der Waals surface area contributed by atoms with E-state index < -0.39 is 0 Å². The summed E-state index contributed by atoms with van der Waals surface area (Å²) in [6.07, 6.45) is 0.966. The fourth-order valence-electron chi connectivity index (χ4n) is 1.87. The minimum Gasteiger partial charge on any atom is -0.496 e. The van der Waals surface area contributed by atoms with Crippen LogP contribution in [0.5, 0.6) is 5.75 Å². The number of likely N-dealkylation sites (N-methyl/N-ethyl adjacent to an activating group) is 1. The molecule has 1 amide bonds. The summed E-state index contributed by atoms with van der Waals surface area (Å²) in [6.45, 7) is 4.39. The molecule has 0 aliphatic heterocycles. The van der Waals surface area contributed by atoms with Crippen molar-refractivity contribution < 1.29 is 9.53 Å². The molecule has 0 aliphatic rings. The van der Waals surface area contributed by atoms with Crippen LogP contribution in [0.15, 0.2) is 18.2 Å². The van der Waals surface area contributed by atoms with Gasteiger partial charge in [0.25, 0.3) is 0 Å². The summed E-state index contributed by atoms with van der Waals surface area (Å²) in [5, 5.41) is 5.77. The van der Waals surface area contributed by atoms with Crippen LogP contribution in [0.2, 0.25) is 0 Å². The van der Waals surface area contributed by atoms with Crippen molar-refractivity contribution in [2.45, 2.75) is 26.3 Å². The zero-order valence-corrected chi connectivity index (χ0v) is 11.5. The lowest BCUT2D eigenvalue weighted by Crippen LogP contribution is -2.34. The second-order valence-corrected chi connectivity index (χ2v) is 4.25. The Hall–Kier alpha value is -1.55. The van der Waals surface area contributed by atoms with Gasteiger partial charge >= 0.3 is 0 Å². The minimum atomic E-state index is -0.0627. The lowest BCUT2D eigenvalue weighted by Gasteiger charge is -2.18. The van der Waals surface area contributed by atoms with E-state index in [0.29, 0.717) is 6.54 Å². The Morgan fingerprint density at radius 2 is 2.17 bits per heavy atom. The number of methoxy groups -OCH3 is 1. The third-order valence-corrected chi connectivity index (χ3v) is 2.88. The molecule has 0 spiro atoms. The molecule has 2 N–H and O–H groups in total. The number of hydrogen-bond donors (Lipinski definition) is 2. The van der Waals surface area contributed by atoms with E-state index in [-0.39, 0.29) is 11.9 Å². The Labute approximate surface area is 109 Å². The molecule has 0 aliphatic carbocycles. The van der Waals surface area contributed by atoms with E-state index in [1.165, 1.54) is 5.56 Å². The molecule has 0 fully saturated rings. The van der Waals surface area contributed by atoms with Gasteiger partial charge < -0.3 is 15.4 Å². The second kappa shape index (κ2) is 7.01. The molecule has 0 radical (unpaired) electrons. The van der Waals surface area contributed by atoms with Gasteiger partial charge in [0.1, 0.15) is 5.75 Å². The van der Waals surface area contributed by atoms with Gasteiger partial charge in [0.15, 0.2) is 0 Å². The van der Waals surface area contributed by atoms with Gasteiger partial charge in [-0.25, -0.2) is 0 Å². The van der Waals surface area contributed by atoms with Crippen molar-refractivity contribution in [2.24, 2.45) is 0 Å². The monoisotopic (exact) mass is 250 g/mol. The number of carbonyl (C=O) groups is 1. The van der Waals surface area contributed by atoms with Gasteiger partial charge in [0.05, 0.1) is 19.7 Å². The first-order chi connectivity index (χ1) is 8.62. The minimum absolute atomic E-state index is 0.0195. The standard InChI is InChI=1S/C14H22N2O2/c1-5-11-6-7-13(18-4)12(8-11)10(2)16-14(17)9-15-3/h6-8,10,15H,5,9H2,1-4H3,(H,16,17). The first-order valence-corrected chi connectivity index (χ1v) is 6.23. The van der Waals surface area contributed by atoms with Crippen molar-refractivity contribution in [1.82, 2.24) is 10.6 Å². The number of rotatable bonds is 6. The van der Waals surface area contributed by atoms with Gasteiger partial charge in [-0.15, -0.1) is 0 Å². The van der Waals surface area contributed by atoms with E-state index in [9.17, 15) is 4.79 Å². The first kappa shape index (κ1) is 14.5. The molecule has 1 atom stereocenters. The smallest absolute Gasteiger partial charge is 0.234 e. The molecule has 18 heavy (non-hydrogen) atoms. The van der Waals surface area contributed by atoms with E-state index >= 15 is 0 Å². The third kappa shape index (κ3) is 3.74. The molecule has 100 valence electrons. The predicted molar refractivity (Wildman–Crippen MR) is 72.9 cm³/mol. The van der Waals surface area contributed by atoms with Crippen LogP contribution in [0.4, 0.5) is 0 Å². The molecule has 1 unspecified atom stereocenters. The van der Waals surface area contributed by atoms with Gasteiger partial charge in [-0.05, 0) is 32.0 Å². The Balaban J connectivity index is 2.88. The number of nitrogens with one attached hydrogen (secondary N) is 2. The Morgan fingerprint density at radius 3 is 2.72 bits per heavy atom. The van der Waals surface area contributed by atoms with Crippen LogP contribution in [-0.4, -0.2) is 26.6 Å². The fourth-order valence-corrected chi connectivity index (χ4v) is 1.87. The summed E-state index contributed by atoms with van der Waals surface area (Å²) in [4.78, 5) is 11.6. The van der Waals surface area contributed by atoms with Crippen molar-refractivity contribution in [3.63, 3.8) is 0 Å². The number of benzene rings is 1. The molecular weight excluding hydrogens is 228 g/mol.